The lowest BCUT2D eigenvalue weighted by atomic mass is 9.93. The van der Waals surface area contributed by atoms with E-state index in [9.17, 15) is 4.79 Å². The van der Waals surface area contributed by atoms with Gasteiger partial charge in [0.15, 0.2) is 0 Å². The number of nitrogens with zero attached hydrogens (tertiary/aromatic N) is 1. The van der Waals surface area contributed by atoms with Gasteiger partial charge in [-0.15, -0.1) is 0 Å². The van der Waals surface area contributed by atoms with Crippen LogP contribution in [0.3, 0.4) is 0 Å². The maximum absolute atomic E-state index is 10.8. The second kappa shape index (κ2) is 4.62. The van der Waals surface area contributed by atoms with Crippen LogP contribution in [0.4, 0.5) is 5.69 Å². The molecule has 0 radical (unpaired) electrons. The molecule has 0 bridgehead atoms. The van der Waals surface area contributed by atoms with Crippen molar-refractivity contribution in [1.82, 2.24) is 0 Å². The van der Waals surface area contributed by atoms with Gasteiger partial charge in [0.05, 0.1) is 0 Å². The Morgan fingerprint density at radius 1 is 1.53 bits per heavy atom. The Bertz CT molecular complexity index is 453. The van der Waals surface area contributed by atoms with Crippen molar-refractivity contribution in [2.45, 2.75) is 13.3 Å². The average Bonchev–Trinajstić information content (AvgIpc) is 2.28. The molecule has 90 valence electrons. The van der Waals surface area contributed by atoms with Crippen LogP contribution in [-0.4, -0.2) is 24.2 Å². The number of rotatable bonds is 3. The fraction of sp³-hybridized carbons (Fsp3) is 0.357. The summed E-state index contributed by atoms with van der Waals surface area (Å²) in [7, 11) is 0. The molecule has 1 N–H and O–H groups in total. The zero-order chi connectivity index (χ0) is 12.4. The van der Waals surface area contributed by atoms with Crippen molar-refractivity contribution in [2.24, 2.45) is 5.92 Å². The van der Waals surface area contributed by atoms with Gasteiger partial charge in [-0.05, 0) is 24.0 Å². The van der Waals surface area contributed by atoms with Gasteiger partial charge in [0.2, 0.25) is 0 Å². The van der Waals surface area contributed by atoms with E-state index in [-0.39, 0.29) is 5.57 Å². The number of aliphatic carboxylic acids is 1. The third-order valence-corrected chi connectivity index (χ3v) is 3.12. The number of carbonyl (C=O) groups is 1. The minimum Gasteiger partial charge on any atom is -0.478 e. The highest BCUT2D eigenvalue weighted by Gasteiger charge is 2.22. The van der Waals surface area contributed by atoms with Crippen molar-refractivity contribution in [3.63, 3.8) is 0 Å². The first kappa shape index (κ1) is 11.7. The van der Waals surface area contributed by atoms with E-state index in [2.05, 4.69) is 30.5 Å². The number of carboxylic acids is 1. The van der Waals surface area contributed by atoms with E-state index < -0.39 is 5.97 Å². The molecule has 1 unspecified atom stereocenters. The molecule has 0 saturated heterocycles. The standard InChI is InChI=1S/C14H17NO2/c1-10-7-12-5-3-4-6-13(12)15(8-10)9-11(2)14(16)17/h3-6,10H,2,7-9H2,1H3,(H,16,17). The Kier molecular flexibility index (Phi) is 3.18. The van der Waals surface area contributed by atoms with Crippen LogP contribution in [0.5, 0.6) is 0 Å². The second-order valence-electron chi connectivity index (χ2n) is 4.73. The fourth-order valence-corrected chi connectivity index (χ4v) is 2.35. The molecule has 0 spiro atoms. The van der Waals surface area contributed by atoms with Gasteiger partial charge >= 0.3 is 5.97 Å². The van der Waals surface area contributed by atoms with E-state index in [0.717, 1.165) is 18.7 Å². The van der Waals surface area contributed by atoms with E-state index >= 15 is 0 Å². The molecule has 3 nitrogen and oxygen atoms in total. The normalized spacial score (nSPS) is 18.6. The summed E-state index contributed by atoms with van der Waals surface area (Å²) in [5, 5.41) is 8.90. The Hall–Kier alpha value is -1.77. The summed E-state index contributed by atoms with van der Waals surface area (Å²) in [5.74, 6) is -0.368. The SMILES string of the molecule is C=C(CN1CC(C)Cc2ccccc21)C(=O)O. The van der Waals surface area contributed by atoms with Gasteiger partial charge in [-0.1, -0.05) is 31.7 Å². The molecule has 1 aliphatic heterocycles. The molecule has 1 aromatic carbocycles. The molecule has 1 heterocycles. The molecule has 1 aromatic rings. The van der Waals surface area contributed by atoms with Crippen LogP contribution in [0, 0.1) is 5.92 Å². The summed E-state index contributed by atoms with van der Waals surface area (Å²) >= 11 is 0. The lowest BCUT2D eigenvalue weighted by Gasteiger charge is -2.34. The largest absolute Gasteiger partial charge is 0.478 e. The van der Waals surface area contributed by atoms with Crippen molar-refractivity contribution >= 4 is 11.7 Å². The Morgan fingerprint density at radius 2 is 2.24 bits per heavy atom. The number of benzene rings is 1. The van der Waals surface area contributed by atoms with Gasteiger partial charge in [-0.2, -0.15) is 0 Å². The third kappa shape index (κ3) is 2.49. The lowest BCUT2D eigenvalue weighted by Crippen LogP contribution is -2.36. The zero-order valence-corrected chi connectivity index (χ0v) is 10.0. The molecule has 0 amide bonds. The lowest BCUT2D eigenvalue weighted by molar-refractivity contribution is -0.132. The van der Waals surface area contributed by atoms with Crippen molar-refractivity contribution in [1.29, 1.82) is 0 Å². The smallest absolute Gasteiger partial charge is 0.332 e. The Morgan fingerprint density at radius 3 is 2.94 bits per heavy atom. The average molecular weight is 231 g/mol. The maximum atomic E-state index is 10.8. The molecule has 17 heavy (non-hydrogen) atoms. The number of hydrogen-bond acceptors (Lipinski definition) is 2. The van der Waals surface area contributed by atoms with Crippen molar-refractivity contribution in [3.05, 3.63) is 42.0 Å². The third-order valence-electron chi connectivity index (χ3n) is 3.12. The minimum atomic E-state index is -0.916. The molecular weight excluding hydrogens is 214 g/mol. The van der Waals surface area contributed by atoms with Crippen LogP contribution < -0.4 is 4.90 Å². The number of anilines is 1. The molecule has 0 aliphatic carbocycles. The molecule has 0 saturated carbocycles. The number of hydrogen-bond donors (Lipinski definition) is 1. The molecule has 0 fully saturated rings. The first-order valence-electron chi connectivity index (χ1n) is 5.82. The number of para-hydroxylation sites is 1. The van der Waals surface area contributed by atoms with Crippen LogP contribution in [0.15, 0.2) is 36.4 Å². The van der Waals surface area contributed by atoms with Crippen LogP contribution in [0.25, 0.3) is 0 Å². The molecule has 0 aromatic heterocycles. The quantitative estimate of drug-likeness (QED) is 0.812. The summed E-state index contributed by atoms with van der Waals surface area (Å²) in [6.45, 7) is 7.08. The molecular formula is C14H17NO2. The van der Waals surface area contributed by atoms with Gasteiger partial charge < -0.3 is 10.0 Å². The molecule has 3 heteroatoms. The van der Waals surface area contributed by atoms with E-state index in [0.29, 0.717) is 12.5 Å². The molecule has 1 atom stereocenters. The monoisotopic (exact) mass is 231 g/mol. The topological polar surface area (TPSA) is 40.5 Å². The summed E-state index contributed by atoms with van der Waals surface area (Å²) < 4.78 is 0. The van der Waals surface area contributed by atoms with Gasteiger partial charge in [-0.25, -0.2) is 4.79 Å². The van der Waals surface area contributed by atoms with E-state index in [1.807, 2.05) is 12.1 Å². The Labute approximate surface area is 101 Å². The van der Waals surface area contributed by atoms with E-state index in [4.69, 9.17) is 5.11 Å². The van der Waals surface area contributed by atoms with E-state index in [1.54, 1.807) is 0 Å². The fourth-order valence-electron chi connectivity index (χ4n) is 2.35. The van der Waals surface area contributed by atoms with Gasteiger partial charge in [0.1, 0.15) is 0 Å². The minimum absolute atomic E-state index is 0.244. The van der Waals surface area contributed by atoms with Gasteiger partial charge in [-0.3, -0.25) is 0 Å². The van der Waals surface area contributed by atoms with Gasteiger partial charge in [0.25, 0.3) is 0 Å². The van der Waals surface area contributed by atoms with Crippen LogP contribution in [-0.2, 0) is 11.2 Å². The van der Waals surface area contributed by atoms with Crippen LogP contribution >= 0.6 is 0 Å². The van der Waals surface area contributed by atoms with Gasteiger partial charge in [0, 0.05) is 24.4 Å². The van der Waals surface area contributed by atoms with Crippen molar-refractivity contribution in [3.8, 4) is 0 Å². The van der Waals surface area contributed by atoms with Crippen molar-refractivity contribution in [2.75, 3.05) is 18.0 Å². The van der Waals surface area contributed by atoms with E-state index in [1.165, 1.54) is 5.56 Å². The predicted octanol–water partition coefficient (Wildman–Crippen LogP) is 2.33. The molecule has 2 rings (SSSR count). The highest BCUT2D eigenvalue weighted by Crippen LogP contribution is 2.29. The summed E-state index contributed by atoms with van der Waals surface area (Å²) in [6.07, 6.45) is 1.06. The first-order chi connectivity index (χ1) is 8.08. The predicted molar refractivity (Wildman–Crippen MR) is 68.3 cm³/mol. The van der Waals surface area contributed by atoms with Crippen LogP contribution in [0.1, 0.15) is 12.5 Å². The highest BCUT2D eigenvalue weighted by molar-refractivity contribution is 5.87. The summed E-state index contributed by atoms with van der Waals surface area (Å²) in [5.41, 5.74) is 2.69. The molecule has 1 aliphatic rings. The van der Waals surface area contributed by atoms with Crippen LogP contribution in [0.2, 0.25) is 0 Å². The maximum Gasteiger partial charge on any atom is 0.332 e. The van der Waals surface area contributed by atoms with Crippen molar-refractivity contribution < 1.29 is 9.90 Å². The number of carboxylic acid groups (broad SMARTS) is 1. The highest BCUT2D eigenvalue weighted by atomic mass is 16.4. The number of fused-ring (bicyclic) bond motifs is 1. The zero-order valence-electron chi connectivity index (χ0n) is 10.0. The summed E-state index contributed by atoms with van der Waals surface area (Å²) in [6, 6.07) is 8.18. The Balaban J connectivity index is 2.24. The first-order valence-corrected chi connectivity index (χ1v) is 5.82. The summed E-state index contributed by atoms with van der Waals surface area (Å²) in [4.78, 5) is 13.0. The second-order valence-corrected chi connectivity index (χ2v) is 4.73.